The van der Waals surface area contributed by atoms with Crippen LogP contribution in [0, 0.1) is 6.92 Å². The largest absolute Gasteiger partial charge is 0.496 e. The smallest absolute Gasteiger partial charge is 0.243 e. The number of hydrogen-bond donors (Lipinski definition) is 0. The van der Waals surface area contributed by atoms with Crippen LogP contribution in [-0.2, 0) is 21.2 Å². The van der Waals surface area contributed by atoms with Gasteiger partial charge < -0.3 is 9.64 Å². The quantitative estimate of drug-likeness (QED) is 0.787. The van der Waals surface area contributed by atoms with E-state index in [1.54, 1.807) is 30.2 Å². The molecule has 0 N–H and O–H groups in total. The minimum atomic E-state index is -3.58. The van der Waals surface area contributed by atoms with Crippen LogP contribution in [0.25, 0.3) is 0 Å². The maximum Gasteiger partial charge on any atom is 0.243 e. The number of ether oxygens (including phenoxy) is 1. The Labute approximate surface area is 160 Å². The van der Waals surface area contributed by atoms with Gasteiger partial charge in [0.2, 0.25) is 15.9 Å². The molecule has 2 aromatic rings. The van der Waals surface area contributed by atoms with Crippen LogP contribution >= 0.6 is 0 Å². The van der Waals surface area contributed by atoms with E-state index in [0.29, 0.717) is 38.3 Å². The van der Waals surface area contributed by atoms with Crippen LogP contribution < -0.4 is 4.74 Å². The number of piperazine rings is 1. The van der Waals surface area contributed by atoms with Crippen LogP contribution in [0.1, 0.15) is 11.1 Å². The number of amides is 1. The molecule has 0 aromatic heterocycles. The summed E-state index contributed by atoms with van der Waals surface area (Å²) in [4.78, 5) is 14.4. The van der Waals surface area contributed by atoms with Crippen LogP contribution in [0.3, 0.4) is 0 Å². The predicted molar refractivity (Wildman–Crippen MR) is 103 cm³/mol. The van der Waals surface area contributed by atoms with Crippen molar-refractivity contribution in [2.75, 3.05) is 33.3 Å². The van der Waals surface area contributed by atoms with Gasteiger partial charge in [0.15, 0.2) is 0 Å². The highest BCUT2D eigenvalue weighted by Gasteiger charge is 2.30. The highest BCUT2D eigenvalue weighted by molar-refractivity contribution is 7.89. The summed E-state index contributed by atoms with van der Waals surface area (Å²) in [5.41, 5.74) is 1.74. The number of methoxy groups -OCH3 is 1. The standard InChI is InChI=1S/C20H24N2O4S/c1-16-14-18(8-9-19(16)26-2)27(24,25)22-12-10-21(11-13-22)20(23)15-17-6-4-3-5-7-17/h3-9,14H,10-13,15H2,1-2H3. The van der Waals surface area contributed by atoms with Gasteiger partial charge in [-0.3, -0.25) is 4.79 Å². The Morgan fingerprint density at radius 2 is 1.70 bits per heavy atom. The first-order valence-corrected chi connectivity index (χ1v) is 10.3. The molecule has 1 fully saturated rings. The van der Waals surface area contributed by atoms with E-state index in [0.717, 1.165) is 11.1 Å². The van der Waals surface area contributed by atoms with Gasteiger partial charge in [-0.25, -0.2) is 8.42 Å². The van der Waals surface area contributed by atoms with Crippen molar-refractivity contribution in [3.05, 3.63) is 59.7 Å². The fourth-order valence-electron chi connectivity index (χ4n) is 3.22. The molecule has 3 rings (SSSR count). The Kier molecular flexibility index (Phi) is 5.82. The van der Waals surface area contributed by atoms with Crippen molar-refractivity contribution in [2.45, 2.75) is 18.2 Å². The molecule has 1 aliphatic rings. The number of sulfonamides is 1. The third-order valence-corrected chi connectivity index (χ3v) is 6.69. The van der Waals surface area contributed by atoms with E-state index >= 15 is 0 Å². The molecule has 27 heavy (non-hydrogen) atoms. The lowest BCUT2D eigenvalue weighted by atomic mass is 10.1. The minimum absolute atomic E-state index is 0.0264. The fraction of sp³-hybridized carbons (Fsp3) is 0.350. The normalized spacial score (nSPS) is 15.6. The van der Waals surface area contributed by atoms with Gasteiger partial charge in [0.05, 0.1) is 18.4 Å². The number of nitrogens with zero attached hydrogens (tertiary/aromatic N) is 2. The molecular formula is C20H24N2O4S. The van der Waals surface area contributed by atoms with Crippen molar-refractivity contribution in [3.63, 3.8) is 0 Å². The van der Waals surface area contributed by atoms with Crippen molar-refractivity contribution in [1.82, 2.24) is 9.21 Å². The molecule has 1 aliphatic heterocycles. The Hall–Kier alpha value is -2.38. The first-order valence-electron chi connectivity index (χ1n) is 8.88. The van der Waals surface area contributed by atoms with Gasteiger partial charge in [-0.1, -0.05) is 30.3 Å². The van der Waals surface area contributed by atoms with Gasteiger partial charge in [0.25, 0.3) is 0 Å². The third-order valence-electron chi connectivity index (χ3n) is 4.79. The third kappa shape index (κ3) is 4.31. The zero-order valence-electron chi connectivity index (χ0n) is 15.6. The fourth-order valence-corrected chi connectivity index (χ4v) is 4.73. The van der Waals surface area contributed by atoms with Crippen LogP contribution in [0.15, 0.2) is 53.4 Å². The van der Waals surface area contributed by atoms with E-state index in [1.807, 2.05) is 37.3 Å². The van der Waals surface area contributed by atoms with Crippen molar-refractivity contribution in [1.29, 1.82) is 0 Å². The van der Waals surface area contributed by atoms with Gasteiger partial charge in [-0.2, -0.15) is 4.31 Å². The summed E-state index contributed by atoms with van der Waals surface area (Å²) in [6.45, 7) is 3.22. The SMILES string of the molecule is COc1ccc(S(=O)(=O)N2CCN(C(=O)Cc3ccccc3)CC2)cc1C. The van der Waals surface area contributed by atoms with Gasteiger partial charge in [0, 0.05) is 26.2 Å². The van der Waals surface area contributed by atoms with Gasteiger partial charge >= 0.3 is 0 Å². The first kappa shape index (κ1) is 19.4. The van der Waals surface area contributed by atoms with Gasteiger partial charge in [0.1, 0.15) is 5.75 Å². The summed E-state index contributed by atoms with van der Waals surface area (Å²) in [5, 5.41) is 0. The molecular weight excluding hydrogens is 364 g/mol. The molecule has 0 radical (unpaired) electrons. The first-order chi connectivity index (χ1) is 12.9. The van der Waals surface area contributed by atoms with Gasteiger partial charge in [-0.15, -0.1) is 0 Å². The van der Waals surface area contributed by atoms with E-state index in [9.17, 15) is 13.2 Å². The zero-order chi connectivity index (χ0) is 19.4. The van der Waals surface area contributed by atoms with Gasteiger partial charge in [-0.05, 0) is 36.2 Å². The summed E-state index contributed by atoms with van der Waals surface area (Å²) in [7, 11) is -2.02. The summed E-state index contributed by atoms with van der Waals surface area (Å²) in [6, 6.07) is 14.4. The molecule has 0 bridgehead atoms. The molecule has 1 amide bonds. The predicted octanol–water partition coefficient (Wildman–Crippen LogP) is 2.08. The van der Waals surface area contributed by atoms with Crippen LogP contribution in [-0.4, -0.2) is 56.8 Å². The number of rotatable bonds is 5. The topological polar surface area (TPSA) is 66.9 Å². The average Bonchev–Trinajstić information content (AvgIpc) is 2.68. The molecule has 0 saturated carbocycles. The average molecular weight is 388 g/mol. The van der Waals surface area contributed by atoms with E-state index in [2.05, 4.69) is 0 Å². The Morgan fingerprint density at radius 3 is 2.30 bits per heavy atom. The van der Waals surface area contributed by atoms with Crippen molar-refractivity contribution in [2.24, 2.45) is 0 Å². The highest BCUT2D eigenvalue weighted by atomic mass is 32.2. The lowest BCUT2D eigenvalue weighted by Gasteiger charge is -2.34. The van der Waals surface area contributed by atoms with Crippen molar-refractivity contribution < 1.29 is 17.9 Å². The van der Waals surface area contributed by atoms with E-state index < -0.39 is 10.0 Å². The molecule has 2 aromatic carbocycles. The van der Waals surface area contributed by atoms with Crippen LogP contribution in [0.4, 0.5) is 0 Å². The monoisotopic (exact) mass is 388 g/mol. The summed E-state index contributed by atoms with van der Waals surface area (Å²) in [5.74, 6) is 0.684. The second-order valence-electron chi connectivity index (χ2n) is 6.58. The van der Waals surface area contributed by atoms with Crippen LogP contribution in [0.2, 0.25) is 0 Å². The number of aryl methyl sites for hydroxylation is 1. The maximum absolute atomic E-state index is 12.9. The Bertz CT molecular complexity index is 905. The molecule has 0 atom stereocenters. The molecule has 1 heterocycles. The number of carbonyl (C=O) groups is 1. The Balaban J connectivity index is 1.64. The lowest BCUT2D eigenvalue weighted by molar-refractivity contribution is -0.131. The zero-order valence-corrected chi connectivity index (χ0v) is 16.4. The van der Waals surface area contributed by atoms with E-state index in [-0.39, 0.29) is 10.8 Å². The molecule has 0 spiro atoms. The summed E-state index contributed by atoms with van der Waals surface area (Å²) in [6.07, 6.45) is 0.339. The van der Waals surface area contributed by atoms with E-state index in [1.165, 1.54) is 4.31 Å². The molecule has 0 aliphatic carbocycles. The maximum atomic E-state index is 12.9. The Morgan fingerprint density at radius 1 is 1.04 bits per heavy atom. The highest BCUT2D eigenvalue weighted by Crippen LogP contribution is 2.24. The number of hydrogen-bond acceptors (Lipinski definition) is 4. The lowest BCUT2D eigenvalue weighted by Crippen LogP contribution is -2.50. The van der Waals surface area contributed by atoms with Crippen molar-refractivity contribution >= 4 is 15.9 Å². The van der Waals surface area contributed by atoms with Crippen LogP contribution in [0.5, 0.6) is 5.75 Å². The second kappa shape index (κ2) is 8.10. The summed E-state index contributed by atoms with van der Waals surface area (Å²) < 4.78 is 32.4. The number of carbonyl (C=O) groups excluding carboxylic acids is 1. The second-order valence-corrected chi connectivity index (χ2v) is 8.52. The molecule has 0 unspecified atom stereocenters. The van der Waals surface area contributed by atoms with E-state index in [4.69, 9.17) is 4.74 Å². The molecule has 1 saturated heterocycles. The molecule has 144 valence electrons. The van der Waals surface area contributed by atoms with Crippen molar-refractivity contribution in [3.8, 4) is 5.75 Å². The molecule has 6 nitrogen and oxygen atoms in total. The molecule has 7 heteroatoms. The number of benzene rings is 2. The minimum Gasteiger partial charge on any atom is -0.496 e. The summed E-state index contributed by atoms with van der Waals surface area (Å²) >= 11 is 0.